The van der Waals surface area contributed by atoms with E-state index in [4.69, 9.17) is 4.74 Å². The molecule has 0 N–H and O–H groups in total. The molecule has 7 rings (SSSR count). The number of hydrogen-bond donors (Lipinski definition) is 0. The van der Waals surface area contributed by atoms with Crippen molar-refractivity contribution < 1.29 is 28.1 Å². The van der Waals surface area contributed by atoms with Gasteiger partial charge in [0.05, 0.1) is 5.60 Å². The summed E-state index contributed by atoms with van der Waals surface area (Å²) in [5, 5.41) is 5.72. The molecule has 62 heavy (non-hydrogen) atoms. The molecule has 6 aromatic carbocycles. The Balaban J connectivity index is 0.000000601. The van der Waals surface area contributed by atoms with Gasteiger partial charge >= 0.3 is 30.2 Å². The molecule has 0 atom stereocenters. The second kappa shape index (κ2) is 24.9. The van der Waals surface area contributed by atoms with Crippen LogP contribution < -0.4 is 0 Å². The van der Waals surface area contributed by atoms with E-state index in [0.717, 1.165) is 13.0 Å². The number of rotatable bonds is 10. The molecular formula is C57H78Cl2OSiZr-4. The van der Waals surface area contributed by atoms with Gasteiger partial charge < -0.3 is 19.6 Å². The summed E-state index contributed by atoms with van der Waals surface area (Å²) >= 11 is 1.36. The van der Waals surface area contributed by atoms with Crippen LogP contribution in [0.4, 0.5) is 0 Å². The summed E-state index contributed by atoms with van der Waals surface area (Å²) in [6.07, 6.45) is 9.88. The van der Waals surface area contributed by atoms with E-state index < -0.39 is 0 Å². The maximum atomic E-state index is 5.90. The normalized spacial score (nSPS) is 12.2. The van der Waals surface area contributed by atoms with Crippen LogP contribution in [0.15, 0.2) is 91.0 Å². The van der Waals surface area contributed by atoms with E-state index in [1.54, 1.807) is 16.7 Å². The fourth-order valence-corrected chi connectivity index (χ4v) is 8.63. The Labute approximate surface area is 408 Å². The summed E-state index contributed by atoms with van der Waals surface area (Å²) in [4.78, 5) is 0. The van der Waals surface area contributed by atoms with Gasteiger partial charge in [0.15, 0.2) is 0 Å². The second-order valence-electron chi connectivity index (χ2n) is 20.0. The number of ether oxygens (including phenoxy) is 1. The molecule has 338 valence electrons. The van der Waals surface area contributed by atoms with Gasteiger partial charge in [0.1, 0.15) is 0 Å². The van der Waals surface area contributed by atoms with E-state index in [1.807, 2.05) is 0 Å². The van der Waals surface area contributed by atoms with Crippen LogP contribution in [0, 0.1) is 21.8 Å². The zero-order valence-corrected chi connectivity index (χ0v) is 45.9. The Bertz CT molecular complexity index is 2250. The van der Waals surface area contributed by atoms with Gasteiger partial charge in [0.2, 0.25) is 0 Å². The molecule has 1 nitrogen and oxygen atoms in total. The topological polar surface area (TPSA) is 9.23 Å². The Hall–Kier alpha value is -2.26. The third-order valence-electron chi connectivity index (χ3n) is 12.0. The first kappa shape index (κ1) is 57.8. The quantitative estimate of drug-likeness (QED) is 0.0755. The molecule has 1 aliphatic carbocycles. The SMILES string of the molecule is CC(C)c1cc2c(-c3ccc(C(C)(C)C)cc3)cccc2[cH-]1.Cc1[cH-]c2cc3c(c(-c4ccc(C(C)(C)C)cc4)c2c1CCCCCCOC(C)(C)C)CCC3.Cl.Cl.[CH3-].[CH3-].[Si]=[Zr]. The van der Waals surface area contributed by atoms with E-state index in [9.17, 15) is 0 Å². The van der Waals surface area contributed by atoms with Crippen molar-refractivity contribution in [2.24, 2.45) is 0 Å². The van der Waals surface area contributed by atoms with Crippen molar-refractivity contribution >= 4 is 53.2 Å². The zero-order valence-electron chi connectivity index (χ0n) is 40.8. The molecule has 5 heteroatoms. The van der Waals surface area contributed by atoms with Crippen molar-refractivity contribution in [3.05, 3.63) is 145 Å². The second-order valence-corrected chi connectivity index (χ2v) is 20.0. The summed E-state index contributed by atoms with van der Waals surface area (Å²) in [5.74, 6) is 0.573. The molecule has 0 aromatic heterocycles. The molecule has 0 fully saturated rings. The molecule has 0 heterocycles. The molecular weight excluding hydrogens is 891 g/mol. The van der Waals surface area contributed by atoms with Gasteiger partial charge in [-0.25, -0.2) is 0 Å². The predicted molar refractivity (Wildman–Crippen MR) is 279 cm³/mol. The molecule has 0 aliphatic heterocycles. The first-order chi connectivity index (χ1) is 27.4. The van der Waals surface area contributed by atoms with Gasteiger partial charge in [0.25, 0.3) is 0 Å². The average molecular weight is 969 g/mol. The first-order valence-corrected chi connectivity index (χ1v) is 26.1. The number of benzene rings is 4. The van der Waals surface area contributed by atoms with E-state index in [-0.39, 0.29) is 56.1 Å². The van der Waals surface area contributed by atoms with Gasteiger partial charge in [-0.15, -0.1) is 93.4 Å². The first-order valence-electron chi connectivity index (χ1n) is 21.9. The van der Waals surface area contributed by atoms with Crippen LogP contribution in [0.1, 0.15) is 153 Å². The Kier molecular flexibility index (Phi) is 23.2. The fraction of sp³-hybridized carbons (Fsp3) is 0.439. The Morgan fingerprint density at radius 1 is 0.677 bits per heavy atom. The summed E-state index contributed by atoms with van der Waals surface area (Å²) in [6.45, 7) is 30.9. The van der Waals surface area contributed by atoms with Crippen LogP contribution in [0.2, 0.25) is 0 Å². The van der Waals surface area contributed by atoms with Crippen molar-refractivity contribution in [2.75, 3.05) is 6.61 Å². The van der Waals surface area contributed by atoms with Gasteiger partial charge in [-0.3, -0.25) is 0 Å². The van der Waals surface area contributed by atoms with E-state index >= 15 is 0 Å². The third-order valence-corrected chi connectivity index (χ3v) is 12.0. The van der Waals surface area contributed by atoms with Crippen molar-refractivity contribution in [1.29, 1.82) is 0 Å². The summed E-state index contributed by atoms with van der Waals surface area (Å²) < 4.78 is 5.90. The summed E-state index contributed by atoms with van der Waals surface area (Å²) in [7, 11) is 0. The summed E-state index contributed by atoms with van der Waals surface area (Å²) in [5.41, 5.74) is 16.4. The molecule has 2 radical (unpaired) electrons. The molecule has 0 saturated heterocycles. The monoisotopic (exact) mass is 966 g/mol. The zero-order chi connectivity index (χ0) is 42.4. The van der Waals surface area contributed by atoms with Crippen LogP contribution in [-0.2, 0) is 58.2 Å². The third kappa shape index (κ3) is 14.6. The van der Waals surface area contributed by atoms with Crippen LogP contribution in [-0.4, -0.2) is 19.1 Å². The number of hydrogen-bond acceptors (Lipinski definition) is 1. The molecule has 0 unspecified atom stereocenters. The fourth-order valence-electron chi connectivity index (χ4n) is 8.63. The van der Waals surface area contributed by atoms with Crippen molar-refractivity contribution in [1.82, 2.24) is 0 Å². The van der Waals surface area contributed by atoms with Crippen molar-refractivity contribution in [2.45, 2.75) is 157 Å². The molecule has 0 saturated carbocycles. The van der Waals surface area contributed by atoms with Crippen LogP contribution in [0.3, 0.4) is 0 Å². The average Bonchev–Trinajstić information content (AvgIpc) is 3.90. The number of halogens is 2. The molecule has 0 spiro atoms. The molecule has 1 aliphatic rings. The van der Waals surface area contributed by atoms with Gasteiger partial charge in [-0.05, 0) is 85.5 Å². The minimum absolute atomic E-state index is 0. The Morgan fingerprint density at radius 2 is 1.24 bits per heavy atom. The van der Waals surface area contributed by atoms with E-state index in [0.29, 0.717) is 5.92 Å². The molecule has 0 bridgehead atoms. The van der Waals surface area contributed by atoms with Gasteiger partial charge in [-0.1, -0.05) is 165 Å². The van der Waals surface area contributed by atoms with E-state index in [1.165, 1.54) is 134 Å². The van der Waals surface area contributed by atoms with Crippen LogP contribution in [0.25, 0.3) is 43.8 Å². The maximum absolute atomic E-state index is 5.90. The number of aryl methyl sites for hydroxylation is 3. The standard InChI is InChI=1S/C33H45O.C22H25.2CH3.2ClH.Si.Zr/c1-23-21-26-22-25-13-12-15-29(25)30(24-16-18-27(19-17-24)32(2,3)4)31(26)28(23)14-10-8-9-11-20-34-33(5,6)7;1-15(2)18-13-17-7-6-8-20(21(17)14-18)16-9-11-19(12-10-16)22(3,4)5;;;;;;/h16-19,21-22H,8-15,20H2,1-7H3;6-15H,1-5H3;2*1H3;2*1H;;/q4*-1;;;;. The number of unbranched alkanes of at least 4 members (excludes halogenated alkanes) is 3. The predicted octanol–water partition coefficient (Wildman–Crippen LogP) is 17.2. The van der Waals surface area contributed by atoms with Crippen molar-refractivity contribution in [3.63, 3.8) is 0 Å². The molecule has 0 amide bonds. The van der Waals surface area contributed by atoms with Gasteiger partial charge in [0, 0.05) is 6.61 Å². The van der Waals surface area contributed by atoms with Crippen molar-refractivity contribution in [3.8, 4) is 22.3 Å². The molecule has 6 aromatic rings. The van der Waals surface area contributed by atoms with Gasteiger partial charge in [-0.2, -0.15) is 6.07 Å². The number of fused-ring (bicyclic) bond motifs is 3. The van der Waals surface area contributed by atoms with Crippen LogP contribution >= 0.6 is 24.8 Å². The van der Waals surface area contributed by atoms with Crippen LogP contribution in [0.5, 0.6) is 0 Å². The summed E-state index contributed by atoms with van der Waals surface area (Å²) in [6, 6.07) is 34.8. The van der Waals surface area contributed by atoms with E-state index in [2.05, 4.69) is 181 Å². The Morgan fingerprint density at radius 3 is 1.79 bits per heavy atom. The minimum atomic E-state index is -0.0208.